The van der Waals surface area contributed by atoms with E-state index in [1.165, 1.54) is 12.8 Å². The first-order valence-corrected chi connectivity index (χ1v) is 7.58. The third-order valence-electron chi connectivity index (χ3n) is 3.60. The minimum absolute atomic E-state index is 0.588. The molecule has 1 aliphatic heterocycles. The van der Waals surface area contributed by atoms with E-state index in [4.69, 9.17) is 16.6 Å². The summed E-state index contributed by atoms with van der Waals surface area (Å²) in [7, 11) is 0. The van der Waals surface area contributed by atoms with Gasteiger partial charge in [0.15, 0.2) is 0 Å². The van der Waals surface area contributed by atoms with Gasteiger partial charge in [0, 0.05) is 19.1 Å². The third-order valence-corrected chi connectivity index (χ3v) is 3.94. The minimum Gasteiger partial charge on any atom is -0.354 e. The zero-order valence-electron chi connectivity index (χ0n) is 12.1. The molecule has 4 heteroatoms. The molecule has 1 N–H and O–H groups in total. The lowest BCUT2D eigenvalue weighted by Gasteiger charge is -2.23. The van der Waals surface area contributed by atoms with Crippen molar-refractivity contribution in [1.82, 2.24) is 10.3 Å². The molecule has 0 aliphatic carbocycles. The largest absolute Gasteiger partial charge is 0.354 e. The molecule has 1 aromatic heterocycles. The van der Waals surface area contributed by atoms with Crippen LogP contribution in [0, 0.1) is 5.92 Å². The van der Waals surface area contributed by atoms with Crippen LogP contribution >= 0.6 is 11.6 Å². The molecule has 1 fully saturated rings. The van der Waals surface area contributed by atoms with Crippen LogP contribution in [0.25, 0.3) is 0 Å². The maximum absolute atomic E-state index is 6.23. The molecule has 1 unspecified atom stereocenters. The van der Waals surface area contributed by atoms with Gasteiger partial charge in [-0.2, -0.15) is 0 Å². The molecule has 1 aromatic rings. The van der Waals surface area contributed by atoms with Gasteiger partial charge in [0.1, 0.15) is 5.82 Å². The first kappa shape index (κ1) is 14.6. The SMILES string of the molecule is CC(C)CNCc1nc(N2CCCC2C)ccc1Cl. The average molecular weight is 282 g/mol. The van der Waals surface area contributed by atoms with E-state index in [2.05, 4.69) is 31.0 Å². The van der Waals surface area contributed by atoms with Crippen LogP contribution in [0.2, 0.25) is 5.02 Å². The summed E-state index contributed by atoms with van der Waals surface area (Å²) in [6, 6.07) is 4.60. The van der Waals surface area contributed by atoms with Crippen molar-refractivity contribution in [1.29, 1.82) is 0 Å². The predicted molar refractivity (Wildman–Crippen MR) is 81.8 cm³/mol. The topological polar surface area (TPSA) is 28.2 Å². The highest BCUT2D eigenvalue weighted by Gasteiger charge is 2.22. The summed E-state index contributed by atoms with van der Waals surface area (Å²) >= 11 is 6.23. The van der Waals surface area contributed by atoms with Crippen LogP contribution in [0.3, 0.4) is 0 Å². The van der Waals surface area contributed by atoms with E-state index >= 15 is 0 Å². The van der Waals surface area contributed by atoms with Crippen molar-refractivity contribution in [3.8, 4) is 0 Å². The van der Waals surface area contributed by atoms with Crippen LogP contribution in [-0.4, -0.2) is 24.1 Å². The molecular weight excluding hydrogens is 258 g/mol. The van der Waals surface area contributed by atoms with Crippen LogP contribution in [-0.2, 0) is 6.54 Å². The summed E-state index contributed by atoms with van der Waals surface area (Å²) in [5.41, 5.74) is 0.957. The number of nitrogens with one attached hydrogen (secondary N) is 1. The summed E-state index contributed by atoms with van der Waals surface area (Å²) in [6.07, 6.45) is 2.51. The fourth-order valence-corrected chi connectivity index (χ4v) is 2.68. The molecule has 1 atom stereocenters. The van der Waals surface area contributed by atoms with Gasteiger partial charge in [0.25, 0.3) is 0 Å². The first-order valence-electron chi connectivity index (χ1n) is 7.20. The number of hydrogen-bond acceptors (Lipinski definition) is 3. The second-order valence-electron chi connectivity index (χ2n) is 5.81. The van der Waals surface area contributed by atoms with Gasteiger partial charge in [0.05, 0.1) is 10.7 Å². The fourth-order valence-electron chi connectivity index (χ4n) is 2.51. The van der Waals surface area contributed by atoms with Crippen molar-refractivity contribution in [3.63, 3.8) is 0 Å². The molecule has 0 amide bonds. The van der Waals surface area contributed by atoms with Crippen molar-refractivity contribution in [2.45, 2.75) is 46.2 Å². The lowest BCUT2D eigenvalue weighted by molar-refractivity contribution is 0.548. The Balaban J connectivity index is 2.06. The summed E-state index contributed by atoms with van der Waals surface area (Å²) in [5.74, 6) is 1.70. The quantitative estimate of drug-likeness (QED) is 0.896. The Morgan fingerprint density at radius 2 is 2.26 bits per heavy atom. The molecule has 0 radical (unpaired) electrons. The Bertz CT molecular complexity index is 420. The number of pyridine rings is 1. The monoisotopic (exact) mass is 281 g/mol. The maximum atomic E-state index is 6.23. The second kappa shape index (κ2) is 6.58. The maximum Gasteiger partial charge on any atom is 0.129 e. The van der Waals surface area contributed by atoms with Crippen LogP contribution in [0.4, 0.5) is 5.82 Å². The summed E-state index contributed by atoms with van der Waals surface area (Å²) in [6.45, 7) is 9.50. The zero-order chi connectivity index (χ0) is 13.8. The highest BCUT2D eigenvalue weighted by Crippen LogP contribution is 2.26. The van der Waals surface area contributed by atoms with Crippen molar-refractivity contribution < 1.29 is 0 Å². The third kappa shape index (κ3) is 3.83. The number of halogens is 1. The summed E-state index contributed by atoms with van der Waals surface area (Å²) < 4.78 is 0. The van der Waals surface area contributed by atoms with Gasteiger partial charge in [-0.05, 0) is 44.4 Å². The molecule has 3 nitrogen and oxygen atoms in total. The smallest absolute Gasteiger partial charge is 0.129 e. The van der Waals surface area contributed by atoms with Crippen LogP contribution in [0.5, 0.6) is 0 Å². The van der Waals surface area contributed by atoms with E-state index < -0.39 is 0 Å². The molecule has 106 valence electrons. The number of hydrogen-bond donors (Lipinski definition) is 1. The normalized spacial score (nSPS) is 19.4. The van der Waals surface area contributed by atoms with Crippen molar-refractivity contribution in [2.24, 2.45) is 5.92 Å². The van der Waals surface area contributed by atoms with E-state index in [-0.39, 0.29) is 0 Å². The molecular formula is C15H24ClN3. The van der Waals surface area contributed by atoms with Crippen LogP contribution < -0.4 is 10.2 Å². The summed E-state index contributed by atoms with van der Waals surface area (Å²) in [5, 5.41) is 4.16. The lowest BCUT2D eigenvalue weighted by Crippen LogP contribution is -2.28. The minimum atomic E-state index is 0.588. The number of anilines is 1. The number of rotatable bonds is 5. The second-order valence-corrected chi connectivity index (χ2v) is 6.21. The number of aromatic nitrogens is 1. The predicted octanol–water partition coefficient (Wildman–Crippen LogP) is 3.47. The highest BCUT2D eigenvalue weighted by atomic mass is 35.5. The Morgan fingerprint density at radius 1 is 1.47 bits per heavy atom. The van der Waals surface area contributed by atoms with Crippen LogP contribution in [0.15, 0.2) is 12.1 Å². The molecule has 0 saturated carbocycles. The van der Waals surface area contributed by atoms with Gasteiger partial charge in [-0.1, -0.05) is 25.4 Å². The molecule has 0 aromatic carbocycles. The summed E-state index contributed by atoms with van der Waals surface area (Å²) in [4.78, 5) is 7.11. The Morgan fingerprint density at radius 3 is 2.89 bits per heavy atom. The van der Waals surface area contributed by atoms with E-state index in [9.17, 15) is 0 Å². The van der Waals surface area contributed by atoms with Crippen LogP contribution in [0.1, 0.15) is 39.3 Å². The first-order chi connectivity index (χ1) is 9.08. The van der Waals surface area contributed by atoms with Crippen molar-refractivity contribution in [2.75, 3.05) is 18.0 Å². The van der Waals surface area contributed by atoms with Crippen molar-refractivity contribution in [3.05, 3.63) is 22.8 Å². The van der Waals surface area contributed by atoms with E-state index in [1.54, 1.807) is 0 Å². The molecule has 2 heterocycles. The molecule has 0 bridgehead atoms. The van der Waals surface area contributed by atoms with E-state index in [1.807, 2.05) is 12.1 Å². The van der Waals surface area contributed by atoms with E-state index in [0.29, 0.717) is 12.0 Å². The lowest BCUT2D eigenvalue weighted by atomic mass is 10.2. The van der Waals surface area contributed by atoms with Gasteiger partial charge in [-0.15, -0.1) is 0 Å². The van der Waals surface area contributed by atoms with Crippen molar-refractivity contribution >= 4 is 17.4 Å². The molecule has 19 heavy (non-hydrogen) atoms. The molecule has 2 rings (SSSR count). The van der Waals surface area contributed by atoms with E-state index in [0.717, 1.165) is 36.2 Å². The Kier molecular flexibility index (Phi) is 5.06. The Labute approximate surface area is 121 Å². The van der Waals surface area contributed by atoms with Gasteiger partial charge in [-0.3, -0.25) is 0 Å². The highest BCUT2D eigenvalue weighted by molar-refractivity contribution is 6.31. The van der Waals surface area contributed by atoms with Gasteiger partial charge in [-0.25, -0.2) is 4.98 Å². The number of nitrogens with zero attached hydrogens (tertiary/aromatic N) is 2. The fraction of sp³-hybridized carbons (Fsp3) is 0.667. The average Bonchev–Trinajstić information content (AvgIpc) is 2.77. The molecule has 1 saturated heterocycles. The van der Waals surface area contributed by atoms with Gasteiger partial charge in [0.2, 0.25) is 0 Å². The Hall–Kier alpha value is -0.800. The van der Waals surface area contributed by atoms with Gasteiger partial charge < -0.3 is 10.2 Å². The molecule has 0 spiro atoms. The zero-order valence-corrected chi connectivity index (χ0v) is 12.9. The standard InChI is InChI=1S/C15H24ClN3/c1-11(2)9-17-10-14-13(16)6-7-15(18-14)19-8-4-5-12(19)3/h6-7,11-12,17H,4-5,8-10H2,1-3H3. The molecule has 1 aliphatic rings. The van der Waals surface area contributed by atoms with Gasteiger partial charge >= 0.3 is 0 Å².